The molecule has 1 atom stereocenters. The Morgan fingerprint density at radius 2 is 1.74 bits per heavy atom. The van der Waals surface area contributed by atoms with Crippen LogP contribution in [0.2, 0.25) is 0 Å². The summed E-state index contributed by atoms with van der Waals surface area (Å²) in [5, 5.41) is 12.5. The fourth-order valence-electron chi connectivity index (χ4n) is 3.99. The summed E-state index contributed by atoms with van der Waals surface area (Å²) in [6.45, 7) is 6.68. The number of nitrogens with one attached hydrogen (secondary N) is 1. The van der Waals surface area contributed by atoms with Crippen molar-refractivity contribution < 1.29 is 19.1 Å². The third-order valence-corrected chi connectivity index (χ3v) is 5.78. The van der Waals surface area contributed by atoms with E-state index in [4.69, 9.17) is 9.52 Å². The molecule has 6 heteroatoms. The third-order valence-electron chi connectivity index (χ3n) is 5.78. The summed E-state index contributed by atoms with van der Waals surface area (Å²) in [7, 11) is 1.62. The number of carboxylic acids is 1. The molecule has 3 aromatic rings. The molecule has 0 bridgehead atoms. The van der Waals surface area contributed by atoms with Gasteiger partial charge in [0.25, 0.3) is 5.91 Å². The van der Waals surface area contributed by atoms with E-state index in [1.54, 1.807) is 19.2 Å². The maximum atomic E-state index is 12.6. The van der Waals surface area contributed by atoms with Crippen LogP contribution in [0.1, 0.15) is 61.3 Å². The quantitative estimate of drug-likeness (QED) is 0.352. The van der Waals surface area contributed by atoms with E-state index in [0.717, 1.165) is 41.2 Å². The second-order valence-corrected chi connectivity index (χ2v) is 8.98. The van der Waals surface area contributed by atoms with E-state index in [9.17, 15) is 9.59 Å². The number of carbonyl (C=O) groups is 2. The van der Waals surface area contributed by atoms with Crippen LogP contribution in [-0.2, 0) is 11.2 Å². The molecular weight excluding hydrogens is 428 g/mol. The average molecular weight is 463 g/mol. The zero-order chi connectivity index (χ0) is 24.7. The molecule has 0 radical (unpaired) electrons. The first-order valence-corrected chi connectivity index (χ1v) is 11.8. The highest BCUT2D eigenvalue weighted by Crippen LogP contribution is 2.34. The minimum Gasteiger partial charge on any atom is -0.481 e. The van der Waals surface area contributed by atoms with Crippen LogP contribution in [-0.4, -0.2) is 35.5 Å². The van der Waals surface area contributed by atoms with Gasteiger partial charge in [-0.1, -0.05) is 51.1 Å². The number of aryl methyl sites for hydroxylation is 1. The molecular formula is C28H34N2O4. The molecule has 0 spiro atoms. The van der Waals surface area contributed by atoms with Crippen molar-refractivity contribution in [3.63, 3.8) is 0 Å². The van der Waals surface area contributed by atoms with Crippen LogP contribution in [0.15, 0.2) is 65.1 Å². The first-order valence-electron chi connectivity index (χ1n) is 11.8. The van der Waals surface area contributed by atoms with E-state index in [0.29, 0.717) is 11.5 Å². The summed E-state index contributed by atoms with van der Waals surface area (Å²) in [6.07, 6.45) is 1.65. The molecule has 1 unspecified atom stereocenters. The molecule has 2 N–H and O–H groups in total. The smallest absolute Gasteiger partial charge is 0.305 e. The number of aliphatic carboxylic acids is 1. The number of nitrogens with zero attached hydrogens (tertiary/aromatic N) is 1. The van der Waals surface area contributed by atoms with Gasteiger partial charge in [0, 0.05) is 42.4 Å². The van der Waals surface area contributed by atoms with Gasteiger partial charge >= 0.3 is 5.97 Å². The zero-order valence-corrected chi connectivity index (χ0v) is 20.4. The summed E-state index contributed by atoms with van der Waals surface area (Å²) in [4.78, 5) is 24.8. The lowest BCUT2D eigenvalue weighted by Gasteiger charge is -2.22. The Hall–Kier alpha value is -3.54. The lowest BCUT2D eigenvalue weighted by Crippen LogP contribution is -2.29. The Labute approximate surface area is 201 Å². The topological polar surface area (TPSA) is 82.8 Å². The van der Waals surface area contributed by atoms with Crippen LogP contribution in [0.5, 0.6) is 0 Å². The van der Waals surface area contributed by atoms with Crippen molar-refractivity contribution in [1.29, 1.82) is 0 Å². The summed E-state index contributed by atoms with van der Waals surface area (Å²) in [5.74, 6) is 1.21. The van der Waals surface area contributed by atoms with E-state index < -0.39 is 5.97 Å². The summed E-state index contributed by atoms with van der Waals surface area (Å²) < 4.78 is 6.23. The molecule has 34 heavy (non-hydrogen) atoms. The molecule has 0 aliphatic carbocycles. The molecule has 0 fully saturated rings. The molecule has 0 saturated heterocycles. The Balaban J connectivity index is 1.80. The van der Waals surface area contributed by atoms with Crippen molar-refractivity contribution in [3.05, 3.63) is 77.6 Å². The first-order chi connectivity index (χ1) is 16.3. The van der Waals surface area contributed by atoms with Gasteiger partial charge in [-0.15, -0.1) is 0 Å². The molecule has 1 aromatic heterocycles. The number of hydrogen-bond donors (Lipinski definition) is 2. The minimum absolute atomic E-state index is 0.0657. The maximum absolute atomic E-state index is 12.6. The first kappa shape index (κ1) is 25.1. The monoisotopic (exact) mass is 462 g/mol. The Morgan fingerprint density at radius 1 is 1.06 bits per heavy atom. The normalized spacial score (nSPS) is 11.9. The van der Waals surface area contributed by atoms with Gasteiger partial charge in [0.2, 0.25) is 0 Å². The Bertz CT molecular complexity index is 1090. The predicted molar refractivity (Wildman–Crippen MR) is 135 cm³/mol. The SMILES string of the molecule is CCc1oc(-c2ccccc2)cc1C(CC(C)C)Nc1ccc(C(=O)N(C)CCC(=O)O)cc1. The third kappa shape index (κ3) is 6.50. The molecule has 1 heterocycles. The van der Waals surface area contributed by atoms with Gasteiger partial charge in [-0.2, -0.15) is 0 Å². The lowest BCUT2D eigenvalue weighted by molar-refractivity contribution is -0.137. The van der Waals surface area contributed by atoms with Crippen LogP contribution in [0.3, 0.4) is 0 Å². The second kappa shape index (κ2) is 11.5. The van der Waals surface area contributed by atoms with Crippen molar-refractivity contribution >= 4 is 17.6 Å². The van der Waals surface area contributed by atoms with Crippen molar-refractivity contribution in [2.45, 2.75) is 46.1 Å². The molecule has 6 nitrogen and oxygen atoms in total. The number of amides is 1. The van der Waals surface area contributed by atoms with Crippen LogP contribution >= 0.6 is 0 Å². The number of rotatable bonds is 11. The van der Waals surface area contributed by atoms with Crippen LogP contribution < -0.4 is 5.32 Å². The van der Waals surface area contributed by atoms with Crippen molar-refractivity contribution in [1.82, 2.24) is 4.90 Å². The van der Waals surface area contributed by atoms with Crippen LogP contribution in [0, 0.1) is 5.92 Å². The summed E-state index contributed by atoms with van der Waals surface area (Å²) in [6, 6.07) is 19.7. The maximum Gasteiger partial charge on any atom is 0.305 e. The van der Waals surface area contributed by atoms with E-state index in [1.165, 1.54) is 4.90 Å². The number of hydrogen-bond acceptors (Lipinski definition) is 4. The fourth-order valence-corrected chi connectivity index (χ4v) is 3.99. The number of anilines is 1. The Morgan fingerprint density at radius 3 is 2.32 bits per heavy atom. The second-order valence-electron chi connectivity index (χ2n) is 8.98. The number of furan rings is 1. The summed E-state index contributed by atoms with van der Waals surface area (Å²) in [5.41, 5.74) is 3.66. The average Bonchev–Trinajstić information content (AvgIpc) is 3.27. The van der Waals surface area contributed by atoms with Crippen LogP contribution in [0.4, 0.5) is 5.69 Å². The highest BCUT2D eigenvalue weighted by atomic mass is 16.4. The van der Waals surface area contributed by atoms with Gasteiger partial charge in [-0.3, -0.25) is 9.59 Å². The standard InChI is InChI=1S/C28H34N2O4/c1-5-25-23(18-26(34-25)20-9-7-6-8-10-20)24(17-19(2)3)29-22-13-11-21(12-14-22)28(33)30(4)16-15-27(31)32/h6-14,18-19,24,29H,5,15-17H2,1-4H3,(H,31,32). The molecule has 1 amide bonds. The van der Waals surface area contributed by atoms with Crippen molar-refractivity contribution in [2.75, 3.05) is 18.9 Å². The van der Waals surface area contributed by atoms with Gasteiger partial charge < -0.3 is 19.7 Å². The van der Waals surface area contributed by atoms with E-state index in [2.05, 4.69) is 44.3 Å². The highest BCUT2D eigenvalue weighted by molar-refractivity contribution is 5.94. The van der Waals surface area contributed by atoms with Gasteiger partial charge in [-0.05, 0) is 42.7 Å². The van der Waals surface area contributed by atoms with Crippen molar-refractivity contribution in [2.24, 2.45) is 5.92 Å². The molecule has 2 aromatic carbocycles. The van der Waals surface area contributed by atoms with E-state index >= 15 is 0 Å². The minimum atomic E-state index is -0.920. The fraction of sp³-hybridized carbons (Fsp3) is 0.357. The molecule has 180 valence electrons. The lowest BCUT2D eigenvalue weighted by atomic mass is 9.95. The highest BCUT2D eigenvalue weighted by Gasteiger charge is 2.22. The molecule has 0 aliphatic rings. The van der Waals surface area contributed by atoms with Crippen molar-refractivity contribution in [3.8, 4) is 11.3 Å². The number of benzene rings is 2. The Kier molecular flexibility index (Phi) is 8.52. The van der Waals surface area contributed by atoms with Gasteiger partial charge in [0.15, 0.2) is 0 Å². The zero-order valence-electron chi connectivity index (χ0n) is 20.4. The van der Waals surface area contributed by atoms with E-state index in [1.807, 2.05) is 30.3 Å². The van der Waals surface area contributed by atoms with Gasteiger partial charge in [-0.25, -0.2) is 0 Å². The van der Waals surface area contributed by atoms with Gasteiger partial charge in [0.05, 0.1) is 12.5 Å². The molecule has 0 aliphatic heterocycles. The van der Waals surface area contributed by atoms with Crippen LogP contribution in [0.25, 0.3) is 11.3 Å². The largest absolute Gasteiger partial charge is 0.481 e. The number of carboxylic acid groups (broad SMARTS) is 1. The van der Waals surface area contributed by atoms with E-state index in [-0.39, 0.29) is 24.9 Å². The number of carbonyl (C=O) groups excluding carboxylic acids is 1. The molecule has 3 rings (SSSR count). The van der Waals surface area contributed by atoms with Gasteiger partial charge in [0.1, 0.15) is 11.5 Å². The molecule has 0 saturated carbocycles. The predicted octanol–water partition coefficient (Wildman–Crippen LogP) is 6.26. The summed E-state index contributed by atoms with van der Waals surface area (Å²) >= 11 is 0.